The lowest BCUT2D eigenvalue weighted by Gasteiger charge is -2.31. The maximum atomic E-state index is 12.4. The van der Waals surface area contributed by atoms with Gasteiger partial charge in [0.25, 0.3) is 0 Å². The molecule has 3 N–H and O–H groups in total. The first-order valence-corrected chi connectivity index (χ1v) is 7.09. The average Bonchev–Trinajstić information content (AvgIpc) is 2.39. The molecule has 0 atom stereocenters. The van der Waals surface area contributed by atoms with E-state index in [1.165, 1.54) is 22.6 Å². The van der Waals surface area contributed by atoms with Gasteiger partial charge >= 0.3 is 0 Å². The number of anilines is 1. The molecule has 0 spiro atoms. The SMILES string of the molecule is CN1CCN(S(=O)(=O)c2ccnc(NN)c2)CC1. The Bertz CT molecular complexity index is 511. The number of nitrogens with one attached hydrogen (secondary N) is 1. The summed E-state index contributed by atoms with van der Waals surface area (Å²) in [6, 6.07) is 2.92. The topological polar surface area (TPSA) is 91.6 Å². The van der Waals surface area contributed by atoms with Crippen molar-refractivity contribution >= 4 is 15.8 Å². The van der Waals surface area contributed by atoms with Crippen molar-refractivity contribution in [2.24, 2.45) is 5.84 Å². The number of nitrogens with zero attached hydrogens (tertiary/aromatic N) is 3. The Hall–Kier alpha value is -1.22. The second-order valence-electron chi connectivity index (χ2n) is 4.23. The number of piperazine rings is 1. The smallest absolute Gasteiger partial charge is 0.243 e. The molecule has 8 heteroatoms. The standard InChI is InChI=1S/C10H17N5O2S/c1-14-4-6-15(7-5-14)18(16,17)9-2-3-12-10(8-9)13-11/h2-3,8H,4-7,11H2,1H3,(H,12,13). The summed E-state index contributed by atoms with van der Waals surface area (Å²) in [5.41, 5.74) is 2.35. The van der Waals surface area contributed by atoms with Crippen molar-refractivity contribution in [1.29, 1.82) is 0 Å². The molecule has 0 radical (unpaired) electrons. The van der Waals surface area contributed by atoms with Crippen LogP contribution in [0.5, 0.6) is 0 Å². The molecule has 7 nitrogen and oxygen atoms in total. The largest absolute Gasteiger partial charge is 0.308 e. The van der Waals surface area contributed by atoms with E-state index in [2.05, 4.69) is 15.3 Å². The molecule has 1 aromatic heterocycles. The second-order valence-corrected chi connectivity index (χ2v) is 6.17. The van der Waals surface area contributed by atoms with E-state index in [0.717, 1.165) is 13.1 Å². The van der Waals surface area contributed by atoms with Crippen molar-refractivity contribution in [2.75, 3.05) is 38.7 Å². The van der Waals surface area contributed by atoms with E-state index in [-0.39, 0.29) is 4.90 Å². The van der Waals surface area contributed by atoms with Crippen molar-refractivity contribution in [3.63, 3.8) is 0 Å². The van der Waals surface area contributed by atoms with Gasteiger partial charge in [0, 0.05) is 38.4 Å². The highest BCUT2D eigenvalue weighted by molar-refractivity contribution is 7.89. The Balaban J connectivity index is 2.24. The number of nitrogen functional groups attached to an aromatic ring is 1. The summed E-state index contributed by atoms with van der Waals surface area (Å²) in [6.45, 7) is 2.50. The third-order valence-electron chi connectivity index (χ3n) is 2.98. The molecule has 0 unspecified atom stereocenters. The molecule has 100 valence electrons. The second kappa shape index (κ2) is 5.19. The molecule has 0 aliphatic carbocycles. The van der Waals surface area contributed by atoms with Crippen LogP contribution in [0.3, 0.4) is 0 Å². The van der Waals surface area contributed by atoms with Crippen LogP contribution in [0.15, 0.2) is 23.2 Å². The summed E-state index contributed by atoms with van der Waals surface area (Å²) in [5.74, 6) is 5.57. The molecule has 0 bridgehead atoms. The van der Waals surface area contributed by atoms with Crippen LogP contribution >= 0.6 is 0 Å². The van der Waals surface area contributed by atoms with E-state index >= 15 is 0 Å². The minimum Gasteiger partial charge on any atom is -0.308 e. The highest BCUT2D eigenvalue weighted by atomic mass is 32.2. The first-order chi connectivity index (χ1) is 8.54. The number of hydrazine groups is 1. The lowest BCUT2D eigenvalue weighted by molar-refractivity contribution is 0.222. The summed E-state index contributed by atoms with van der Waals surface area (Å²) in [4.78, 5) is 6.22. The summed E-state index contributed by atoms with van der Waals surface area (Å²) in [6.07, 6.45) is 1.43. The summed E-state index contributed by atoms with van der Waals surface area (Å²) in [5, 5.41) is 0. The van der Waals surface area contributed by atoms with Gasteiger partial charge in [-0.05, 0) is 13.1 Å². The normalized spacial score (nSPS) is 18.8. The molecule has 2 heterocycles. The number of hydrogen-bond donors (Lipinski definition) is 2. The predicted molar refractivity (Wildman–Crippen MR) is 68.3 cm³/mol. The predicted octanol–water partition coefficient (Wildman–Crippen LogP) is -0.697. The monoisotopic (exact) mass is 271 g/mol. The summed E-state index contributed by atoms with van der Waals surface area (Å²) < 4.78 is 26.2. The molecule has 1 saturated heterocycles. The highest BCUT2D eigenvalue weighted by Crippen LogP contribution is 2.18. The number of sulfonamides is 1. The number of aromatic nitrogens is 1. The van der Waals surface area contributed by atoms with Crippen LogP contribution in [0.2, 0.25) is 0 Å². The van der Waals surface area contributed by atoms with Gasteiger partial charge in [-0.15, -0.1) is 0 Å². The zero-order valence-corrected chi connectivity index (χ0v) is 11.0. The molecular formula is C10H17N5O2S. The molecule has 1 fully saturated rings. The Morgan fingerprint density at radius 1 is 1.33 bits per heavy atom. The number of rotatable bonds is 3. The van der Waals surface area contributed by atoms with Gasteiger partial charge in [-0.3, -0.25) is 0 Å². The Morgan fingerprint density at radius 3 is 2.61 bits per heavy atom. The maximum Gasteiger partial charge on any atom is 0.243 e. The highest BCUT2D eigenvalue weighted by Gasteiger charge is 2.27. The third kappa shape index (κ3) is 2.61. The van der Waals surface area contributed by atoms with Crippen molar-refractivity contribution in [1.82, 2.24) is 14.2 Å². The zero-order chi connectivity index (χ0) is 13.2. The van der Waals surface area contributed by atoms with Crippen molar-refractivity contribution in [2.45, 2.75) is 4.90 Å². The molecule has 2 rings (SSSR count). The number of nitrogens with two attached hydrogens (primary N) is 1. The van der Waals surface area contributed by atoms with Gasteiger partial charge in [-0.25, -0.2) is 19.2 Å². The van der Waals surface area contributed by atoms with Crippen molar-refractivity contribution in [3.05, 3.63) is 18.3 Å². The van der Waals surface area contributed by atoms with Gasteiger partial charge in [0.1, 0.15) is 5.82 Å². The number of pyridine rings is 1. The summed E-state index contributed by atoms with van der Waals surface area (Å²) in [7, 11) is -1.47. The quantitative estimate of drug-likeness (QED) is 0.558. The van der Waals surface area contributed by atoms with Crippen LogP contribution < -0.4 is 11.3 Å². The van der Waals surface area contributed by atoms with Gasteiger partial charge in [-0.1, -0.05) is 0 Å². The molecule has 1 aliphatic rings. The Labute approximate surface area is 107 Å². The van der Waals surface area contributed by atoms with E-state index in [1.807, 2.05) is 7.05 Å². The summed E-state index contributed by atoms with van der Waals surface area (Å²) >= 11 is 0. The lowest BCUT2D eigenvalue weighted by atomic mass is 10.4. The Morgan fingerprint density at radius 2 is 2.00 bits per heavy atom. The Kier molecular flexibility index (Phi) is 3.81. The zero-order valence-electron chi connectivity index (χ0n) is 10.2. The van der Waals surface area contributed by atoms with Gasteiger partial charge in [0.15, 0.2) is 0 Å². The van der Waals surface area contributed by atoms with Crippen molar-refractivity contribution < 1.29 is 8.42 Å². The fraction of sp³-hybridized carbons (Fsp3) is 0.500. The van der Waals surface area contributed by atoms with E-state index in [4.69, 9.17) is 5.84 Å². The first kappa shape index (κ1) is 13.2. The lowest BCUT2D eigenvalue weighted by Crippen LogP contribution is -2.47. The average molecular weight is 271 g/mol. The fourth-order valence-corrected chi connectivity index (χ4v) is 3.26. The van der Waals surface area contributed by atoms with Crippen molar-refractivity contribution in [3.8, 4) is 0 Å². The molecule has 18 heavy (non-hydrogen) atoms. The van der Waals surface area contributed by atoms with Crippen LogP contribution in [0, 0.1) is 0 Å². The maximum absolute atomic E-state index is 12.4. The van der Waals surface area contributed by atoms with Crippen LogP contribution in [0.4, 0.5) is 5.82 Å². The van der Waals surface area contributed by atoms with Crippen LogP contribution in [-0.4, -0.2) is 55.8 Å². The van der Waals surface area contributed by atoms with Gasteiger partial charge in [0.05, 0.1) is 4.90 Å². The van der Waals surface area contributed by atoms with E-state index in [0.29, 0.717) is 18.9 Å². The molecule has 0 amide bonds. The van der Waals surface area contributed by atoms with E-state index < -0.39 is 10.0 Å². The molecule has 0 aromatic carbocycles. The fourth-order valence-electron chi connectivity index (χ4n) is 1.83. The van der Waals surface area contributed by atoms with Gasteiger partial charge in [-0.2, -0.15) is 4.31 Å². The van der Waals surface area contributed by atoms with Gasteiger partial charge < -0.3 is 10.3 Å². The number of likely N-dealkylation sites (N-methyl/N-ethyl adjacent to an activating group) is 1. The van der Waals surface area contributed by atoms with E-state index in [9.17, 15) is 8.42 Å². The van der Waals surface area contributed by atoms with Crippen LogP contribution in [0.25, 0.3) is 0 Å². The van der Waals surface area contributed by atoms with Crippen LogP contribution in [0.1, 0.15) is 0 Å². The van der Waals surface area contributed by atoms with Crippen LogP contribution in [-0.2, 0) is 10.0 Å². The third-order valence-corrected chi connectivity index (χ3v) is 4.87. The molecule has 0 saturated carbocycles. The molecular weight excluding hydrogens is 254 g/mol. The minimum atomic E-state index is -3.45. The first-order valence-electron chi connectivity index (χ1n) is 5.65. The number of hydrogen-bond acceptors (Lipinski definition) is 6. The van der Waals surface area contributed by atoms with E-state index in [1.54, 1.807) is 0 Å². The minimum absolute atomic E-state index is 0.218. The van der Waals surface area contributed by atoms with Gasteiger partial charge in [0.2, 0.25) is 10.0 Å². The molecule has 1 aliphatic heterocycles. The molecule has 1 aromatic rings.